The van der Waals surface area contributed by atoms with Gasteiger partial charge >= 0.3 is 0 Å². The van der Waals surface area contributed by atoms with Gasteiger partial charge in [-0.05, 0) is 55.5 Å². The Kier molecular flexibility index (Phi) is 3.17. The summed E-state index contributed by atoms with van der Waals surface area (Å²) < 4.78 is 0.922. The zero-order valence-electron chi connectivity index (χ0n) is 12.4. The molecule has 0 radical (unpaired) electrons. The second-order valence-electron chi connectivity index (χ2n) is 6.99. The lowest BCUT2D eigenvalue weighted by Crippen LogP contribution is -2.58. The number of halogens is 1. The van der Waals surface area contributed by atoms with Crippen LogP contribution in [-0.4, -0.2) is 34.1 Å². The van der Waals surface area contributed by atoms with Crippen LogP contribution in [0.5, 0.6) is 0 Å². The Balaban J connectivity index is 1.62. The molecular weight excluding hydrogens is 368 g/mol. The molecule has 2 saturated heterocycles. The summed E-state index contributed by atoms with van der Waals surface area (Å²) in [6, 6.07) is 0.562. The normalized spacial score (nSPS) is 35.5. The zero-order valence-corrected chi connectivity index (χ0v) is 15.7. The molecular formula is C14H19BrN4S2. The SMILES string of the molecule is CN(c1nc2sc(Br)nc2s1)C1C[C@]2(C)CC[C@](C)(C1)N2. The Morgan fingerprint density at radius 1 is 1.14 bits per heavy atom. The van der Waals surface area contributed by atoms with Gasteiger partial charge in [-0.2, -0.15) is 0 Å². The largest absolute Gasteiger partial charge is 0.348 e. The highest BCUT2D eigenvalue weighted by atomic mass is 79.9. The number of hydrogen-bond acceptors (Lipinski definition) is 6. The topological polar surface area (TPSA) is 41.1 Å². The number of anilines is 1. The van der Waals surface area contributed by atoms with E-state index >= 15 is 0 Å². The number of hydrogen-bond donors (Lipinski definition) is 1. The van der Waals surface area contributed by atoms with Crippen molar-refractivity contribution >= 4 is 53.4 Å². The van der Waals surface area contributed by atoms with E-state index in [1.54, 1.807) is 22.7 Å². The van der Waals surface area contributed by atoms with Crippen LogP contribution in [0.15, 0.2) is 3.92 Å². The van der Waals surface area contributed by atoms with Gasteiger partial charge in [0.25, 0.3) is 0 Å². The number of thiazole rings is 2. The zero-order chi connectivity index (χ0) is 14.8. The van der Waals surface area contributed by atoms with Crippen molar-refractivity contribution in [3.8, 4) is 0 Å². The van der Waals surface area contributed by atoms with E-state index in [-0.39, 0.29) is 0 Å². The smallest absolute Gasteiger partial charge is 0.188 e. The Morgan fingerprint density at radius 3 is 2.38 bits per heavy atom. The molecule has 0 aliphatic carbocycles. The molecule has 4 heterocycles. The van der Waals surface area contributed by atoms with Crippen molar-refractivity contribution in [1.82, 2.24) is 15.3 Å². The highest BCUT2D eigenvalue weighted by molar-refractivity contribution is 9.11. The van der Waals surface area contributed by atoms with Gasteiger partial charge in [-0.15, -0.1) is 0 Å². The minimum absolute atomic E-state index is 0.293. The van der Waals surface area contributed by atoms with Crippen molar-refractivity contribution in [1.29, 1.82) is 0 Å². The molecule has 3 atom stereocenters. The molecule has 7 heteroatoms. The first-order valence-electron chi connectivity index (χ1n) is 7.31. The van der Waals surface area contributed by atoms with E-state index in [0.29, 0.717) is 17.1 Å². The fourth-order valence-corrected chi connectivity index (χ4v) is 6.57. The van der Waals surface area contributed by atoms with E-state index in [2.05, 4.69) is 52.0 Å². The van der Waals surface area contributed by atoms with Crippen LogP contribution in [0, 0.1) is 0 Å². The maximum absolute atomic E-state index is 4.77. The highest BCUT2D eigenvalue weighted by Gasteiger charge is 2.49. The molecule has 2 aromatic rings. The average molecular weight is 387 g/mol. The third kappa shape index (κ3) is 2.42. The summed E-state index contributed by atoms with van der Waals surface area (Å²) in [6.07, 6.45) is 4.97. The number of piperidine rings is 1. The van der Waals surface area contributed by atoms with Crippen LogP contribution in [0.1, 0.15) is 39.5 Å². The maximum Gasteiger partial charge on any atom is 0.188 e. The minimum Gasteiger partial charge on any atom is -0.348 e. The predicted molar refractivity (Wildman–Crippen MR) is 93.6 cm³/mol. The monoisotopic (exact) mass is 386 g/mol. The third-order valence-electron chi connectivity index (χ3n) is 4.99. The molecule has 1 N–H and O–H groups in total. The fraction of sp³-hybridized carbons (Fsp3) is 0.714. The molecule has 114 valence electrons. The predicted octanol–water partition coefficient (Wildman–Crippen LogP) is 4.01. The highest BCUT2D eigenvalue weighted by Crippen LogP contribution is 2.44. The summed E-state index contributed by atoms with van der Waals surface area (Å²) in [7, 11) is 2.19. The number of aromatic nitrogens is 2. The van der Waals surface area contributed by atoms with Gasteiger partial charge in [-0.1, -0.05) is 22.7 Å². The van der Waals surface area contributed by atoms with Crippen molar-refractivity contribution < 1.29 is 0 Å². The lowest BCUT2D eigenvalue weighted by molar-refractivity contribution is 0.208. The fourth-order valence-electron chi connectivity index (χ4n) is 4.01. The van der Waals surface area contributed by atoms with E-state index in [1.165, 1.54) is 25.7 Å². The first-order chi connectivity index (χ1) is 9.86. The molecule has 4 rings (SSSR count). The summed E-state index contributed by atoms with van der Waals surface area (Å²) in [6.45, 7) is 4.74. The number of rotatable bonds is 2. The van der Waals surface area contributed by atoms with Crippen molar-refractivity contribution in [3.05, 3.63) is 3.92 Å². The van der Waals surface area contributed by atoms with Crippen LogP contribution >= 0.6 is 38.6 Å². The van der Waals surface area contributed by atoms with Gasteiger partial charge in [0, 0.05) is 24.2 Å². The van der Waals surface area contributed by atoms with Crippen molar-refractivity contribution in [2.75, 3.05) is 11.9 Å². The molecule has 4 nitrogen and oxygen atoms in total. The van der Waals surface area contributed by atoms with Gasteiger partial charge in [-0.3, -0.25) is 0 Å². The van der Waals surface area contributed by atoms with Crippen molar-refractivity contribution in [3.63, 3.8) is 0 Å². The van der Waals surface area contributed by atoms with Gasteiger partial charge in [-0.25, -0.2) is 9.97 Å². The molecule has 0 saturated carbocycles. The molecule has 0 aromatic carbocycles. The molecule has 1 unspecified atom stereocenters. The standard InChI is InChI=1S/C14H19BrN4S2/c1-13-4-5-14(2,18-13)7-8(6-13)19(3)12-17-10-9(21-12)16-11(15)20-10/h8,18H,4-7H2,1-3H3/t8?,13-,14+. The molecule has 2 aliphatic heterocycles. The van der Waals surface area contributed by atoms with Gasteiger partial charge in [0.2, 0.25) is 0 Å². The molecule has 0 amide bonds. The molecule has 21 heavy (non-hydrogen) atoms. The molecule has 2 fully saturated rings. The quantitative estimate of drug-likeness (QED) is 0.845. The van der Waals surface area contributed by atoms with Gasteiger partial charge in [0.15, 0.2) is 18.7 Å². The summed E-state index contributed by atoms with van der Waals surface area (Å²) in [5.41, 5.74) is 0.587. The van der Waals surface area contributed by atoms with E-state index in [4.69, 9.17) is 4.98 Å². The molecule has 2 aliphatic rings. The second kappa shape index (κ2) is 4.63. The Labute approximate surface area is 141 Å². The lowest BCUT2D eigenvalue weighted by Gasteiger charge is -2.45. The second-order valence-corrected chi connectivity index (χ2v) is 10.2. The first kappa shape index (κ1) is 14.4. The van der Waals surface area contributed by atoms with Gasteiger partial charge in [0.1, 0.15) is 0 Å². The van der Waals surface area contributed by atoms with E-state index in [9.17, 15) is 0 Å². The van der Waals surface area contributed by atoms with Crippen LogP contribution in [0.25, 0.3) is 9.66 Å². The van der Waals surface area contributed by atoms with E-state index in [0.717, 1.165) is 18.7 Å². The lowest BCUT2D eigenvalue weighted by atomic mass is 9.84. The van der Waals surface area contributed by atoms with Crippen LogP contribution in [0.2, 0.25) is 0 Å². The Morgan fingerprint density at radius 2 is 1.76 bits per heavy atom. The molecule has 0 spiro atoms. The van der Waals surface area contributed by atoms with Gasteiger partial charge < -0.3 is 10.2 Å². The Bertz CT molecular complexity index is 649. The van der Waals surface area contributed by atoms with Crippen molar-refractivity contribution in [2.45, 2.75) is 56.7 Å². The molecule has 2 aromatic heterocycles. The summed E-state index contributed by atoms with van der Waals surface area (Å²) >= 11 is 6.75. The van der Waals surface area contributed by atoms with Crippen LogP contribution in [0.4, 0.5) is 5.13 Å². The Hall–Kier alpha value is -0.240. The van der Waals surface area contributed by atoms with Crippen LogP contribution < -0.4 is 10.2 Å². The maximum atomic E-state index is 4.77. The average Bonchev–Trinajstić information content (AvgIpc) is 2.97. The summed E-state index contributed by atoms with van der Waals surface area (Å²) in [4.78, 5) is 13.7. The molecule has 2 bridgehead atoms. The third-order valence-corrected chi connectivity index (χ3v) is 7.56. The minimum atomic E-state index is 0.293. The van der Waals surface area contributed by atoms with Crippen LogP contribution in [-0.2, 0) is 0 Å². The van der Waals surface area contributed by atoms with Crippen molar-refractivity contribution in [2.24, 2.45) is 0 Å². The van der Waals surface area contributed by atoms with Crippen LogP contribution in [0.3, 0.4) is 0 Å². The summed E-state index contributed by atoms with van der Waals surface area (Å²) in [5.74, 6) is 0. The number of nitrogens with one attached hydrogen (secondary N) is 1. The summed E-state index contributed by atoms with van der Waals surface area (Å²) in [5, 5.41) is 4.95. The first-order valence-corrected chi connectivity index (χ1v) is 9.74. The number of fused-ring (bicyclic) bond motifs is 3. The van der Waals surface area contributed by atoms with E-state index < -0.39 is 0 Å². The van der Waals surface area contributed by atoms with Gasteiger partial charge in [0.05, 0.1) is 0 Å². The van der Waals surface area contributed by atoms with E-state index in [1.807, 2.05) is 0 Å². The number of nitrogens with zero attached hydrogens (tertiary/aromatic N) is 3.